The summed E-state index contributed by atoms with van der Waals surface area (Å²) in [6.45, 7) is 9.87. The molecule has 0 unspecified atom stereocenters. The number of morpholine rings is 1. The molecule has 6 nitrogen and oxygen atoms in total. The largest absolute Gasteiger partial charge is 0.378 e. The Balaban J connectivity index is 1.79. The van der Waals surface area contributed by atoms with Gasteiger partial charge in [-0.1, -0.05) is 11.3 Å². The second-order valence-electron chi connectivity index (χ2n) is 6.27. The normalized spacial score (nSPS) is 20.2. The lowest BCUT2D eigenvalue weighted by molar-refractivity contribution is 0.122. The number of rotatable bonds is 1. The molecule has 0 amide bonds. The lowest BCUT2D eigenvalue weighted by atomic mass is 9.94. The van der Waals surface area contributed by atoms with Gasteiger partial charge in [0.25, 0.3) is 0 Å². The van der Waals surface area contributed by atoms with Crippen molar-refractivity contribution in [3.8, 4) is 10.7 Å². The maximum absolute atomic E-state index is 5.42. The second-order valence-corrected chi connectivity index (χ2v) is 7.24. The summed E-state index contributed by atoms with van der Waals surface area (Å²) in [4.78, 5) is 8.38. The number of anilines is 1. The molecule has 0 saturated carbocycles. The Morgan fingerprint density at radius 2 is 1.95 bits per heavy atom. The summed E-state index contributed by atoms with van der Waals surface area (Å²) in [6, 6.07) is 0. The van der Waals surface area contributed by atoms with Crippen LogP contribution >= 0.6 is 11.3 Å². The lowest BCUT2D eigenvalue weighted by Crippen LogP contribution is -2.36. The number of fused-ring (bicyclic) bond motifs is 3. The van der Waals surface area contributed by atoms with Crippen molar-refractivity contribution < 1.29 is 4.74 Å². The fraction of sp³-hybridized carbons (Fsp3) is 0.643. The van der Waals surface area contributed by atoms with Crippen LogP contribution in [0, 0.1) is 6.92 Å². The average Bonchev–Trinajstić information content (AvgIpc) is 3.03. The van der Waals surface area contributed by atoms with Crippen LogP contribution in [0.25, 0.3) is 10.7 Å². The fourth-order valence-electron chi connectivity index (χ4n) is 3.25. The highest BCUT2D eigenvalue weighted by molar-refractivity contribution is 7.19. The molecule has 7 heteroatoms. The number of thiazole rings is 1. The Bertz CT molecular complexity index is 684. The van der Waals surface area contributed by atoms with Crippen LogP contribution in [0.15, 0.2) is 0 Å². The quantitative estimate of drug-likeness (QED) is 0.804. The first-order valence-electron chi connectivity index (χ1n) is 7.31. The van der Waals surface area contributed by atoms with Gasteiger partial charge in [-0.15, -0.1) is 10.2 Å². The summed E-state index contributed by atoms with van der Waals surface area (Å²) in [5.74, 6) is 1.94. The minimum Gasteiger partial charge on any atom is -0.378 e. The molecule has 4 heterocycles. The monoisotopic (exact) mass is 305 g/mol. The molecule has 0 spiro atoms. The molecular weight excluding hydrogens is 286 g/mol. The summed E-state index contributed by atoms with van der Waals surface area (Å²) in [5, 5.41) is 9.76. The maximum Gasteiger partial charge on any atom is 0.186 e. The number of aryl methyl sites for hydroxylation is 1. The minimum atomic E-state index is -0.0216. The van der Waals surface area contributed by atoms with Gasteiger partial charge in [0.1, 0.15) is 5.82 Å². The summed E-state index contributed by atoms with van der Waals surface area (Å²) >= 11 is 1.73. The van der Waals surface area contributed by atoms with Gasteiger partial charge in [0.15, 0.2) is 11.0 Å². The van der Waals surface area contributed by atoms with Gasteiger partial charge in [0.05, 0.1) is 23.8 Å². The Labute approximate surface area is 127 Å². The molecule has 0 atom stereocenters. The number of aromatic nitrogens is 4. The Hall–Kier alpha value is -1.47. The molecule has 0 aliphatic carbocycles. The van der Waals surface area contributed by atoms with E-state index in [4.69, 9.17) is 9.72 Å². The van der Waals surface area contributed by atoms with Crippen LogP contribution in [0.2, 0.25) is 0 Å². The number of nitrogens with zero attached hydrogens (tertiary/aromatic N) is 5. The first-order chi connectivity index (χ1) is 10.1. The molecule has 0 N–H and O–H groups in total. The minimum absolute atomic E-state index is 0.0216. The van der Waals surface area contributed by atoms with Crippen LogP contribution < -0.4 is 4.90 Å². The van der Waals surface area contributed by atoms with Gasteiger partial charge >= 0.3 is 0 Å². The Morgan fingerprint density at radius 1 is 1.19 bits per heavy atom. The molecule has 21 heavy (non-hydrogen) atoms. The van der Waals surface area contributed by atoms with Crippen LogP contribution in [0.1, 0.15) is 25.4 Å². The summed E-state index contributed by atoms with van der Waals surface area (Å²) < 4.78 is 7.67. The van der Waals surface area contributed by atoms with Crippen LogP contribution in [-0.2, 0) is 16.7 Å². The van der Waals surface area contributed by atoms with Crippen molar-refractivity contribution in [3.63, 3.8) is 0 Å². The summed E-state index contributed by atoms with van der Waals surface area (Å²) in [7, 11) is 0. The van der Waals surface area contributed by atoms with Crippen molar-refractivity contribution >= 4 is 16.5 Å². The smallest absolute Gasteiger partial charge is 0.186 e. The highest BCUT2D eigenvalue weighted by atomic mass is 32.1. The zero-order chi connectivity index (χ0) is 14.6. The third kappa shape index (κ3) is 1.98. The van der Waals surface area contributed by atoms with E-state index >= 15 is 0 Å². The number of hydrogen-bond donors (Lipinski definition) is 0. The third-order valence-electron chi connectivity index (χ3n) is 4.20. The molecule has 0 bridgehead atoms. The molecule has 2 aliphatic rings. The van der Waals surface area contributed by atoms with E-state index in [-0.39, 0.29) is 5.54 Å². The topological polar surface area (TPSA) is 56.1 Å². The first-order valence-corrected chi connectivity index (χ1v) is 8.13. The van der Waals surface area contributed by atoms with Gasteiger partial charge in [-0.3, -0.25) is 0 Å². The first kappa shape index (κ1) is 13.2. The highest BCUT2D eigenvalue weighted by Gasteiger charge is 2.36. The van der Waals surface area contributed by atoms with E-state index in [1.54, 1.807) is 11.3 Å². The van der Waals surface area contributed by atoms with Crippen molar-refractivity contribution in [2.45, 2.75) is 32.7 Å². The van der Waals surface area contributed by atoms with Gasteiger partial charge in [0.2, 0.25) is 0 Å². The second kappa shape index (κ2) is 4.51. The van der Waals surface area contributed by atoms with Gasteiger partial charge < -0.3 is 14.2 Å². The lowest BCUT2D eigenvalue weighted by Gasteiger charge is -2.31. The Morgan fingerprint density at radius 3 is 2.71 bits per heavy atom. The molecular formula is C14H19N5OS. The van der Waals surface area contributed by atoms with Gasteiger partial charge in [0, 0.05) is 25.0 Å². The number of ether oxygens (including phenoxy) is 1. The maximum atomic E-state index is 5.42. The molecule has 0 radical (unpaired) electrons. The third-order valence-corrected chi connectivity index (χ3v) is 5.36. The van der Waals surface area contributed by atoms with E-state index in [1.165, 1.54) is 4.88 Å². The zero-order valence-corrected chi connectivity index (χ0v) is 13.4. The van der Waals surface area contributed by atoms with E-state index in [9.17, 15) is 0 Å². The molecule has 112 valence electrons. The van der Waals surface area contributed by atoms with E-state index in [0.29, 0.717) is 0 Å². The van der Waals surface area contributed by atoms with Crippen LogP contribution in [0.3, 0.4) is 0 Å². The predicted molar refractivity (Wildman–Crippen MR) is 81.9 cm³/mol. The van der Waals surface area contributed by atoms with E-state index < -0.39 is 0 Å². The molecule has 2 aromatic rings. The molecule has 0 aromatic carbocycles. The number of hydrogen-bond acceptors (Lipinski definition) is 6. The molecule has 1 fully saturated rings. The average molecular weight is 305 g/mol. The van der Waals surface area contributed by atoms with E-state index in [1.807, 2.05) is 6.92 Å². The fourth-order valence-corrected chi connectivity index (χ4v) is 4.36. The van der Waals surface area contributed by atoms with Crippen molar-refractivity contribution in [2.75, 3.05) is 31.2 Å². The van der Waals surface area contributed by atoms with Gasteiger partial charge in [-0.2, -0.15) is 0 Å². The Kier molecular flexibility index (Phi) is 2.84. The van der Waals surface area contributed by atoms with E-state index in [2.05, 4.69) is 33.5 Å². The van der Waals surface area contributed by atoms with Crippen molar-refractivity contribution in [2.24, 2.45) is 0 Å². The molecule has 4 rings (SSSR count). The van der Waals surface area contributed by atoms with Crippen molar-refractivity contribution in [1.82, 2.24) is 19.7 Å². The summed E-state index contributed by atoms with van der Waals surface area (Å²) in [5.41, 5.74) is 1.14. The van der Waals surface area contributed by atoms with Gasteiger partial charge in [-0.05, 0) is 20.8 Å². The van der Waals surface area contributed by atoms with Crippen molar-refractivity contribution in [3.05, 3.63) is 11.5 Å². The standard InChI is InChI=1S/C14H19N5OS/c1-9-16-17-12-11-10(8-14(2,3)19(9)12)15-13(21-11)18-4-6-20-7-5-18/h4-8H2,1-3H3. The summed E-state index contributed by atoms with van der Waals surface area (Å²) in [6.07, 6.45) is 0.926. The van der Waals surface area contributed by atoms with Crippen LogP contribution in [0.5, 0.6) is 0 Å². The molecule has 1 saturated heterocycles. The SMILES string of the molecule is Cc1nnc2n1C(C)(C)Cc1nc(N3CCOCC3)sc1-2. The van der Waals surface area contributed by atoms with Crippen molar-refractivity contribution in [1.29, 1.82) is 0 Å². The highest BCUT2D eigenvalue weighted by Crippen LogP contribution is 2.42. The zero-order valence-electron chi connectivity index (χ0n) is 12.6. The predicted octanol–water partition coefficient (Wildman–Crippen LogP) is 1.84. The van der Waals surface area contributed by atoms with Crippen LogP contribution in [0.4, 0.5) is 5.13 Å². The van der Waals surface area contributed by atoms with E-state index in [0.717, 1.165) is 55.2 Å². The van der Waals surface area contributed by atoms with Gasteiger partial charge in [-0.25, -0.2) is 4.98 Å². The molecule has 2 aliphatic heterocycles. The molecule has 2 aromatic heterocycles. The van der Waals surface area contributed by atoms with Crippen LogP contribution in [-0.4, -0.2) is 46.1 Å².